The Hall–Kier alpha value is -1.29. The molecule has 0 aliphatic rings. The van der Waals surface area contributed by atoms with Gasteiger partial charge in [0.15, 0.2) is 0 Å². The average Bonchev–Trinajstić information content (AvgIpc) is 3.03. The van der Waals surface area contributed by atoms with E-state index in [1.54, 1.807) is 11.3 Å². The fourth-order valence-electron chi connectivity index (χ4n) is 2.18. The van der Waals surface area contributed by atoms with Crippen molar-refractivity contribution in [2.45, 2.75) is 12.5 Å². The van der Waals surface area contributed by atoms with Crippen LogP contribution in [0.3, 0.4) is 0 Å². The lowest BCUT2D eigenvalue weighted by Gasteiger charge is -2.11. The maximum atomic E-state index is 6.00. The van der Waals surface area contributed by atoms with E-state index in [9.17, 15) is 0 Å². The molecule has 1 N–H and O–H groups in total. The number of fused-ring (bicyclic) bond motifs is 1. The first-order valence-corrected chi connectivity index (χ1v) is 7.40. The highest BCUT2D eigenvalue weighted by Gasteiger charge is 2.15. The van der Waals surface area contributed by atoms with Gasteiger partial charge in [0.2, 0.25) is 0 Å². The Kier molecular flexibility index (Phi) is 3.60. The number of thiophene rings is 1. The molecule has 3 aromatic rings. The van der Waals surface area contributed by atoms with Gasteiger partial charge in [-0.1, -0.05) is 17.7 Å². The summed E-state index contributed by atoms with van der Waals surface area (Å²) in [5, 5.41) is 7.20. The van der Waals surface area contributed by atoms with E-state index >= 15 is 0 Å². The normalized spacial score (nSPS) is 12.9. The number of nitrogens with one attached hydrogen (secondary N) is 1. The minimum Gasteiger partial charge on any atom is -0.459 e. The Labute approximate surface area is 121 Å². The Morgan fingerprint density at radius 3 is 2.95 bits per heavy atom. The third-order valence-corrected chi connectivity index (χ3v) is 4.31. The molecular formula is C15H14ClNOS. The molecule has 0 saturated carbocycles. The summed E-state index contributed by atoms with van der Waals surface area (Å²) in [5.74, 6) is 0.952. The van der Waals surface area contributed by atoms with Crippen molar-refractivity contribution >= 4 is 33.9 Å². The molecule has 0 bridgehead atoms. The van der Waals surface area contributed by atoms with Crippen LogP contribution < -0.4 is 5.32 Å². The van der Waals surface area contributed by atoms with E-state index in [0.29, 0.717) is 0 Å². The van der Waals surface area contributed by atoms with E-state index < -0.39 is 0 Å². The molecule has 19 heavy (non-hydrogen) atoms. The Morgan fingerprint density at radius 1 is 1.32 bits per heavy atom. The summed E-state index contributed by atoms with van der Waals surface area (Å²) in [5.41, 5.74) is 0.880. The van der Waals surface area contributed by atoms with Gasteiger partial charge >= 0.3 is 0 Å². The SMILES string of the molecule is CNC(Cc1cccs1)c1cc2cc(Cl)ccc2o1. The van der Waals surface area contributed by atoms with Gasteiger partial charge in [-0.3, -0.25) is 0 Å². The van der Waals surface area contributed by atoms with Crippen LogP contribution in [0.15, 0.2) is 46.2 Å². The predicted octanol–water partition coefficient (Wildman–Crippen LogP) is 4.65. The molecule has 4 heteroatoms. The molecule has 0 radical (unpaired) electrons. The Bertz CT molecular complexity index is 675. The number of hydrogen-bond donors (Lipinski definition) is 1. The lowest BCUT2D eigenvalue weighted by molar-refractivity contribution is 0.452. The van der Waals surface area contributed by atoms with E-state index in [0.717, 1.165) is 28.2 Å². The fourth-order valence-corrected chi connectivity index (χ4v) is 3.11. The molecule has 1 aromatic carbocycles. The van der Waals surface area contributed by atoms with E-state index in [4.69, 9.17) is 16.0 Å². The molecule has 0 aliphatic carbocycles. The van der Waals surface area contributed by atoms with Gasteiger partial charge in [0.05, 0.1) is 6.04 Å². The quantitative estimate of drug-likeness (QED) is 0.757. The molecule has 0 aliphatic heterocycles. The van der Waals surface area contributed by atoms with Gasteiger partial charge < -0.3 is 9.73 Å². The smallest absolute Gasteiger partial charge is 0.134 e. The van der Waals surface area contributed by atoms with Gasteiger partial charge in [-0.15, -0.1) is 11.3 Å². The second kappa shape index (κ2) is 5.37. The largest absolute Gasteiger partial charge is 0.459 e. The van der Waals surface area contributed by atoms with Crippen LogP contribution in [0.25, 0.3) is 11.0 Å². The Morgan fingerprint density at radius 2 is 2.21 bits per heavy atom. The second-order valence-corrected chi connectivity index (χ2v) is 5.92. The molecule has 0 amide bonds. The minimum atomic E-state index is 0.185. The summed E-state index contributed by atoms with van der Waals surface area (Å²) < 4.78 is 5.91. The summed E-state index contributed by atoms with van der Waals surface area (Å²) >= 11 is 7.77. The predicted molar refractivity (Wildman–Crippen MR) is 81.0 cm³/mol. The van der Waals surface area contributed by atoms with Gasteiger partial charge in [0.1, 0.15) is 11.3 Å². The maximum absolute atomic E-state index is 6.00. The van der Waals surface area contributed by atoms with E-state index in [1.165, 1.54) is 4.88 Å². The molecule has 2 aromatic heterocycles. The monoisotopic (exact) mass is 291 g/mol. The van der Waals surface area contributed by atoms with Crippen LogP contribution in [0, 0.1) is 0 Å². The minimum absolute atomic E-state index is 0.185. The zero-order chi connectivity index (χ0) is 13.2. The fraction of sp³-hybridized carbons (Fsp3) is 0.200. The summed E-state index contributed by atoms with van der Waals surface area (Å²) in [4.78, 5) is 1.35. The molecular weight excluding hydrogens is 278 g/mol. The first-order chi connectivity index (χ1) is 9.26. The van der Waals surface area contributed by atoms with Crippen LogP contribution in [0.5, 0.6) is 0 Å². The van der Waals surface area contributed by atoms with Crippen LogP contribution in [0.4, 0.5) is 0 Å². The van der Waals surface area contributed by atoms with Crippen LogP contribution >= 0.6 is 22.9 Å². The molecule has 0 spiro atoms. The van der Waals surface area contributed by atoms with Crippen molar-refractivity contribution in [3.8, 4) is 0 Å². The number of hydrogen-bond acceptors (Lipinski definition) is 3. The summed E-state index contributed by atoms with van der Waals surface area (Å²) in [6.07, 6.45) is 0.932. The van der Waals surface area contributed by atoms with Crippen LogP contribution in [-0.2, 0) is 6.42 Å². The van der Waals surface area contributed by atoms with Gasteiger partial charge in [-0.25, -0.2) is 0 Å². The van der Waals surface area contributed by atoms with Gasteiger partial charge in [0, 0.05) is 21.7 Å². The first-order valence-electron chi connectivity index (χ1n) is 6.15. The summed E-state index contributed by atoms with van der Waals surface area (Å²) in [6.45, 7) is 0. The van der Waals surface area contributed by atoms with Crippen LogP contribution in [0.1, 0.15) is 16.7 Å². The zero-order valence-electron chi connectivity index (χ0n) is 10.5. The van der Waals surface area contributed by atoms with Crippen molar-refractivity contribution in [1.82, 2.24) is 5.32 Å². The number of likely N-dealkylation sites (N-methyl/N-ethyl adjacent to an activating group) is 1. The third-order valence-electron chi connectivity index (χ3n) is 3.17. The van der Waals surface area contributed by atoms with Gasteiger partial charge in [-0.05, 0) is 42.8 Å². The molecule has 0 saturated heterocycles. The molecule has 1 atom stereocenters. The highest BCUT2D eigenvalue weighted by atomic mass is 35.5. The van der Waals surface area contributed by atoms with Crippen molar-refractivity contribution in [1.29, 1.82) is 0 Å². The van der Waals surface area contributed by atoms with Crippen LogP contribution in [0.2, 0.25) is 5.02 Å². The van der Waals surface area contributed by atoms with Gasteiger partial charge in [-0.2, -0.15) is 0 Å². The first kappa shape index (κ1) is 12.7. The standard InChI is InChI=1S/C15H14ClNOS/c1-17-13(9-12-3-2-6-19-12)15-8-10-7-11(16)4-5-14(10)18-15/h2-8,13,17H,9H2,1H3. The second-order valence-electron chi connectivity index (χ2n) is 4.46. The highest BCUT2D eigenvalue weighted by Crippen LogP contribution is 2.28. The number of benzene rings is 1. The molecule has 3 rings (SSSR count). The van der Waals surface area contributed by atoms with Crippen molar-refractivity contribution in [2.75, 3.05) is 7.05 Å². The highest BCUT2D eigenvalue weighted by molar-refractivity contribution is 7.09. The molecule has 0 fully saturated rings. The van der Waals surface area contributed by atoms with E-state index in [2.05, 4.69) is 28.9 Å². The molecule has 1 unspecified atom stereocenters. The maximum Gasteiger partial charge on any atom is 0.134 e. The van der Waals surface area contributed by atoms with E-state index in [-0.39, 0.29) is 6.04 Å². The number of furan rings is 1. The van der Waals surface area contributed by atoms with Crippen molar-refractivity contribution in [3.05, 3.63) is 57.4 Å². The summed E-state index contributed by atoms with van der Waals surface area (Å²) in [7, 11) is 1.96. The van der Waals surface area contributed by atoms with Crippen molar-refractivity contribution in [3.63, 3.8) is 0 Å². The lowest BCUT2D eigenvalue weighted by atomic mass is 10.1. The molecule has 2 nitrogen and oxygen atoms in total. The van der Waals surface area contributed by atoms with Crippen molar-refractivity contribution in [2.24, 2.45) is 0 Å². The zero-order valence-corrected chi connectivity index (χ0v) is 12.1. The third kappa shape index (κ3) is 2.68. The van der Waals surface area contributed by atoms with E-state index in [1.807, 2.05) is 25.2 Å². The number of halogens is 1. The number of rotatable bonds is 4. The summed E-state index contributed by atoms with van der Waals surface area (Å²) in [6, 6.07) is 12.2. The average molecular weight is 292 g/mol. The van der Waals surface area contributed by atoms with Gasteiger partial charge in [0.25, 0.3) is 0 Å². The van der Waals surface area contributed by atoms with Crippen LogP contribution in [-0.4, -0.2) is 7.05 Å². The lowest BCUT2D eigenvalue weighted by Crippen LogP contribution is -2.17. The van der Waals surface area contributed by atoms with Crippen molar-refractivity contribution < 1.29 is 4.42 Å². The topological polar surface area (TPSA) is 25.2 Å². The molecule has 98 valence electrons. The molecule has 2 heterocycles. The Balaban J connectivity index is 1.92.